The maximum absolute atomic E-state index is 5.73. The molecule has 0 saturated carbocycles. The van der Waals surface area contributed by atoms with E-state index in [1.807, 2.05) is 18.2 Å². The number of hydrogen-bond donors (Lipinski definition) is 1. The smallest absolute Gasteiger partial charge is 0.0717 e. The van der Waals surface area contributed by atoms with Crippen molar-refractivity contribution in [3.05, 3.63) is 35.9 Å². The van der Waals surface area contributed by atoms with Crippen LogP contribution in [0.25, 0.3) is 0 Å². The lowest BCUT2D eigenvalue weighted by Crippen LogP contribution is -2.11. The van der Waals surface area contributed by atoms with Crippen LogP contribution in [0.3, 0.4) is 0 Å². The first kappa shape index (κ1) is 13.2. The van der Waals surface area contributed by atoms with Crippen molar-refractivity contribution in [1.82, 2.24) is 0 Å². The highest BCUT2D eigenvalue weighted by atomic mass is 16.5. The third kappa shape index (κ3) is 5.29. The van der Waals surface area contributed by atoms with Crippen LogP contribution in [-0.2, 0) is 11.3 Å². The molecular formula is C14H23NO. The number of nitrogens with two attached hydrogens (primary N) is 1. The number of hydrogen-bond acceptors (Lipinski definition) is 2. The molecular weight excluding hydrogens is 198 g/mol. The monoisotopic (exact) mass is 221 g/mol. The van der Waals surface area contributed by atoms with Crippen LogP contribution in [0.4, 0.5) is 0 Å². The Morgan fingerprint density at radius 2 is 2.00 bits per heavy atom. The molecule has 2 N–H and O–H groups in total. The average molecular weight is 221 g/mol. The first-order valence-corrected chi connectivity index (χ1v) is 6.18. The van der Waals surface area contributed by atoms with E-state index in [1.54, 1.807) is 0 Å². The van der Waals surface area contributed by atoms with Gasteiger partial charge in [-0.2, -0.15) is 0 Å². The van der Waals surface area contributed by atoms with Crippen LogP contribution in [0.5, 0.6) is 0 Å². The fourth-order valence-corrected chi connectivity index (χ4v) is 1.73. The van der Waals surface area contributed by atoms with Gasteiger partial charge in [0, 0.05) is 6.61 Å². The second-order valence-electron chi connectivity index (χ2n) is 4.21. The second kappa shape index (κ2) is 8.31. The summed E-state index contributed by atoms with van der Waals surface area (Å²) in [7, 11) is 0. The fourth-order valence-electron chi connectivity index (χ4n) is 1.73. The average Bonchev–Trinajstić information content (AvgIpc) is 2.35. The van der Waals surface area contributed by atoms with Gasteiger partial charge < -0.3 is 10.5 Å². The zero-order valence-corrected chi connectivity index (χ0v) is 10.2. The van der Waals surface area contributed by atoms with Crippen molar-refractivity contribution < 1.29 is 4.74 Å². The molecule has 0 saturated heterocycles. The van der Waals surface area contributed by atoms with Crippen LogP contribution in [-0.4, -0.2) is 13.2 Å². The number of ether oxygens (including phenoxy) is 1. The summed E-state index contributed by atoms with van der Waals surface area (Å²) in [6.45, 7) is 4.58. The lowest BCUT2D eigenvalue weighted by molar-refractivity contribution is 0.0823. The largest absolute Gasteiger partial charge is 0.376 e. The Labute approximate surface area is 98.8 Å². The molecule has 0 radical (unpaired) electrons. The van der Waals surface area contributed by atoms with E-state index in [-0.39, 0.29) is 0 Å². The van der Waals surface area contributed by atoms with Gasteiger partial charge >= 0.3 is 0 Å². The molecule has 0 aromatic heterocycles. The molecule has 1 aromatic rings. The summed E-state index contributed by atoms with van der Waals surface area (Å²) in [4.78, 5) is 0. The predicted octanol–water partition coefficient (Wildman–Crippen LogP) is 2.97. The Bertz CT molecular complexity index is 261. The maximum Gasteiger partial charge on any atom is 0.0717 e. The van der Waals surface area contributed by atoms with Gasteiger partial charge in [-0.1, -0.05) is 43.7 Å². The summed E-state index contributed by atoms with van der Waals surface area (Å²) in [5.74, 6) is 0.660. The van der Waals surface area contributed by atoms with Gasteiger partial charge in [0.15, 0.2) is 0 Å². The normalized spacial score (nSPS) is 12.6. The van der Waals surface area contributed by atoms with Crippen LogP contribution in [0.15, 0.2) is 30.3 Å². The van der Waals surface area contributed by atoms with Crippen molar-refractivity contribution in [2.45, 2.75) is 32.8 Å². The Hall–Kier alpha value is -0.860. The molecule has 16 heavy (non-hydrogen) atoms. The zero-order valence-electron chi connectivity index (χ0n) is 10.2. The van der Waals surface area contributed by atoms with Gasteiger partial charge in [0.05, 0.1) is 6.61 Å². The molecule has 0 aliphatic rings. The summed E-state index contributed by atoms with van der Waals surface area (Å²) in [6.07, 6.45) is 3.46. The van der Waals surface area contributed by atoms with Crippen molar-refractivity contribution in [3.8, 4) is 0 Å². The fraction of sp³-hybridized carbons (Fsp3) is 0.571. The first-order chi connectivity index (χ1) is 7.86. The Kier molecular flexibility index (Phi) is 6.86. The first-order valence-electron chi connectivity index (χ1n) is 6.18. The molecule has 1 atom stereocenters. The summed E-state index contributed by atoms with van der Waals surface area (Å²) in [6, 6.07) is 10.3. The Morgan fingerprint density at radius 1 is 1.25 bits per heavy atom. The third-order valence-electron chi connectivity index (χ3n) is 2.86. The molecule has 2 nitrogen and oxygen atoms in total. The molecule has 0 heterocycles. The Balaban J connectivity index is 2.18. The van der Waals surface area contributed by atoms with E-state index in [2.05, 4.69) is 19.1 Å². The quantitative estimate of drug-likeness (QED) is 0.732. The van der Waals surface area contributed by atoms with E-state index in [0.717, 1.165) is 26.2 Å². The van der Waals surface area contributed by atoms with Gasteiger partial charge in [-0.05, 0) is 30.9 Å². The van der Waals surface area contributed by atoms with E-state index < -0.39 is 0 Å². The molecule has 1 rings (SSSR count). The van der Waals surface area contributed by atoms with Crippen LogP contribution in [0.1, 0.15) is 31.7 Å². The van der Waals surface area contributed by atoms with E-state index in [0.29, 0.717) is 5.92 Å². The lowest BCUT2D eigenvalue weighted by atomic mass is 10.0. The van der Waals surface area contributed by atoms with E-state index in [4.69, 9.17) is 10.5 Å². The molecule has 2 heteroatoms. The molecule has 0 spiro atoms. The molecule has 0 aliphatic heterocycles. The zero-order chi connectivity index (χ0) is 11.6. The van der Waals surface area contributed by atoms with E-state index in [9.17, 15) is 0 Å². The van der Waals surface area contributed by atoms with Crippen LogP contribution < -0.4 is 5.73 Å². The van der Waals surface area contributed by atoms with E-state index >= 15 is 0 Å². The Morgan fingerprint density at radius 3 is 2.62 bits per heavy atom. The molecule has 0 bridgehead atoms. The molecule has 1 unspecified atom stereocenters. The van der Waals surface area contributed by atoms with Crippen molar-refractivity contribution in [2.24, 2.45) is 11.7 Å². The van der Waals surface area contributed by atoms with Crippen molar-refractivity contribution >= 4 is 0 Å². The predicted molar refractivity (Wildman–Crippen MR) is 68.2 cm³/mol. The van der Waals surface area contributed by atoms with Crippen molar-refractivity contribution in [1.29, 1.82) is 0 Å². The molecule has 1 aromatic carbocycles. The topological polar surface area (TPSA) is 35.2 Å². The van der Waals surface area contributed by atoms with Crippen LogP contribution in [0, 0.1) is 5.92 Å². The molecule has 0 aliphatic carbocycles. The van der Waals surface area contributed by atoms with Gasteiger partial charge in [-0.25, -0.2) is 0 Å². The summed E-state index contributed by atoms with van der Waals surface area (Å²) < 4.78 is 5.73. The number of rotatable bonds is 8. The molecule has 0 fully saturated rings. The molecule has 90 valence electrons. The highest BCUT2D eigenvalue weighted by Gasteiger charge is 2.05. The minimum Gasteiger partial charge on any atom is -0.376 e. The van der Waals surface area contributed by atoms with Crippen LogP contribution >= 0.6 is 0 Å². The van der Waals surface area contributed by atoms with Gasteiger partial charge in [0.1, 0.15) is 0 Å². The lowest BCUT2D eigenvalue weighted by Gasteiger charge is -2.14. The van der Waals surface area contributed by atoms with Gasteiger partial charge in [0.2, 0.25) is 0 Å². The standard InChI is InChI=1S/C14H23NO/c1-2-13(9-6-10-15)11-16-12-14-7-4-3-5-8-14/h3-5,7-8,13H,2,6,9-12,15H2,1H3. The molecule has 0 amide bonds. The summed E-state index contributed by atoms with van der Waals surface area (Å²) in [5.41, 5.74) is 6.76. The third-order valence-corrected chi connectivity index (χ3v) is 2.86. The van der Waals surface area contributed by atoms with Crippen LogP contribution in [0.2, 0.25) is 0 Å². The second-order valence-corrected chi connectivity index (χ2v) is 4.21. The van der Waals surface area contributed by atoms with Crippen molar-refractivity contribution in [3.63, 3.8) is 0 Å². The number of benzene rings is 1. The summed E-state index contributed by atoms with van der Waals surface area (Å²) >= 11 is 0. The SMILES string of the molecule is CCC(CCCN)COCc1ccccc1. The minimum absolute atomic E-state index is 0.660. The van der Waals surface area contributed by atoms with Gasteiger partial charge in [-0.3, -0.25) is 0 Å². The maximum atomic E-state index is 5.73. The minimum atomic E-state index is 0.660. The van der Waals surface area contributed by atoms with Crippen molar-refractivity contribution in [2.75, 3.05) is 13.2 Å². The van der Waals surface area contributed by atoms with Gasteiger partial charge in [0.25, 0.3) is 0 Å². The van der Waals surface area contributed by atoms with Gasteiger partial charge in [-0.15, -0.1) is 0 Å². The summed E-state index contributed by atoms with van der Waals surface area (Å²) in [5, 5.41) is 0. The highest BCUT2D eigenvalue weighted by molar-refractivity contribution is 5.13. The van der Waals surface area contributed by atoms with E-state index in [1.165, 1.54) is 18.4 Å². The highest BCUT2D eigenvalue weighted by Crippen LogP contribution is 2.12.